The Balaban J connectivity index is 2.59. The molecule has 0 saturated heterocycles. The normalized spacial score (nSPS) is 13.1. The Kier molecular flexibility index (Phi) is 5.56. The first-order chi connectivity index (χ1) is 7.50. The van der Waals surface area contributed by atoms with Gasteiger partial charge in [0.25, 0.3) is 0 Å². The number of hydrogen-bond acceptors (Lipinski definition) is 2. The fraction of sp³-hybridized carbons (Fsp3) is 0.500. The maximum atomic E-state index is 9.76. The molecule has 0 amide bonds. The van der Waals surface area contributed by atoms with E-state index in [9.17, 15) is 5.11 Å². The predicted molar refractivity (Wildman–Crippen MR) is 67.3 cm³/mol. The number of halogens is 2. The average molecular weight is 263 g/mol. The van der Waals surface area contributed by atoms with Crippen LogP contribution in [0.25, 0.3) is 0 Å². The summed E-state index contributed by atoms with van der Waals surface area (Å²) in [6.07, 6.45) is -0.0678. The molecule has 1 aromatic carbocycles. The van der Waals surface area contributed by atoms with Gasteiger partial charge < -0.3 is 9.84 Å². The fourth-order valence-electron chi connectivity index (χ4n) is 1.33. The first-order valence-corrected chi connectivity index (χ1v) is 5.99. The summed E-state index contributed by atoms with van der Waals surface area (Å²) < 4.78 is 5.32. The highest BCUT2D eigenvalue weighted by atomic mass is 35.5. The molecule has 1 unspecified atom stereocenters. The van der Waals surface area contributed by atoms with Crippen molar-refractivity contribution in [1.82, 2.24) is 0 Å². The third-order valence-electron chi connectivity index (χ3n) is 2.12. The van der Waals surface area contributed by atoms with Gasteiger partial charge in [0, 0.05) is 16.5 Å². The molecule has 0 heterocycles. The van der Waals surface area contributed by atoms with Crippen molar-refractivity contribution in [2.75, 3.05) is 6.61 Å². The Morgan fingerprint density at radius 2 is 1.81 bits per heavy atom. The van der Waals surface area contributed by atoms with E-state index in [1.54, 1.807) is 18.2 Å². The molecule has 0 aliphatic carbocycles. The number of aliphatic hydroxyl groups is 1. The minimum absolute atomic E-state index is 0.108. The van der Waals surface area contributed by atoms with Crippen LogP contribution in [0, 0.1) is 0 Å². The molecule has 0 fully saturated rings. The predicted octanol–water partition coefficient (Wildman–Crippen LogP) is 3.32. The Morgan fingerprint density at radius 1 is 1.25 bits per heavy atom. The lowest BCUT2D eigenvalue weighted by Crippen LogP contribution is -2.21. The number of ether oxygens (including phenoxy) is 1. The second-order valence-electron chi connectivity index (χ2n) is 3.94. The van der Waals surface area contributed by atoms with E-state index in [1.807, 2.05) is 13.8 Å². The molecule has 0 bridgehead atoms. The summed E-state index contributed by atoms with van der Waals surface area (Å²) in [5.41, 5.74) is 0.769. The van der Waals surface area contributed by atoms with Crippen molar-refractivity contribution < 1.29 is 9.84 Å². The van der Waals surface area contributed by atoms with E-state index >= 15 is 0 Å². The van der Waals surface area contributed by atoms with Crippen LogP contribution in [-0.2, 0) is 11.2 Å². The Bertz CT molecular complexity index is 320. The third kappa shape index (κ3) is 4.30. The summed E-state index contributed by atoms with van der Waals surface area (Å²) in [5.74, 6) is 0. The highest BCUT2D eigenvalue weighted by Gasteiger charge is 2.12. The van der Waals surface area contributed by atoms with Gasteiger partial charge in [-0.25, -0.2) is 0 Å². The molecule has 0 saturated carbocycles. The van der Waals surface area contributed by atoms with E-state index in [0.29, 0.717) is 23.1 Å². The van der Waals surface area contributed by atoms with Crippen LogP contribution in [0.1, 0.15) is 19.4 Å². The molecule has 16 heavy (non-hydrogen) atoms. The molecule has 0 aliphatic rings. The van der Waals surface area contributed by atoms with Crippen LogP contribution in [0.4, 0.5) is 0 Å². The van der Waals surface area contributed by atoms with Gasteiger partial charge in [-0.15, -0.1) is 0 Å². The van der Waals surface area contributed by atoms with E-state index in [1.165, 1.54) is 0 Å². The van der Waals surface area contributed by atoms with Crippen molar-refractivity contribution in [3.8, 4) is 0 Å². The smallest absolute Gasteiger partial charge is 0.0815 e. The van der Waals surface area contributed by atoms with Gasteiger partial charge in [-0.2, -0.15) is 0 Å². The van der Waals surface area contributed by atoms with Crippen LogP contribution in [0.5, 0.6) is 0 Å². The minimum atomic E-state index is -0.584. The van der Waals surface area contributed by atoms with Crippen LogP contribution in [0.2, 0.25) is 10.0 Å². The minimum Gasteiger partial charge on any atom is -0.390 e. The van der Waals surface area contributed by atoms with E-state index in [4.69, 9.17) is 27.9 Å². The highest BCUT2D eigenvalue weighted by Crippen LogP contribution is 2.25. The second kappa shape index (κ2) is 6.45. The molecular weight excluding hydrogens is 247 g/mol. The molecule has 0 aliphatic heterocycles. The van der Waals surface area contributed by atoms with Crippen LogP contribution >= 0.6 is 23.2 Å². The summed E-state index contributed by atoms with van der Waals surface area (Å²) in [6.45, 7) is 4.14. The standard InChI is InChI=1S/C12H16Cl2O2/c1-8(2)16-7-9(15)6-10-11(13)4-3-5-12(10)14/h3-5,8-9,15H,6-7H2,1-2H3. The number of aliphatic hydroxyl groups excluding tert-OH is 1. The van der Waals surface area contributed by atoms with Gasteiger partial charge in [0.05, 0.1) is 18.8 Å². The van der Waals surface area contributed by atoms with Gasteiger partial charge in [0.1, 0.15) is 0 Å². The van der Waals surface area contributed by atoms with E-state index in [-0.39, 0.29) is 6.10 Å². The molecule has 1 atom stereocenters. The first kappa shape index (κ1) is 13.8. The molecule has 1 N–H and O–H groups in total. The largest absolute Gasteiger partial charge is 0.390 e. The van der Waals surface area contributed by atoms with Crippen LogP contribution in [0.3, 0.4) is 0 Å². The molecular formula is C12H16Cl2O2. The van der Waals surface area contributed by atoms with Crippen LogP contribution in [0.15, 0.2) is 18.2 Å². The van der Waals surface area contributed by atoms with Crippen molar-refractivity contribution >= 4 is 23.2 Å². The summed E-state index contributed by atoms with van der Waals surface area (Å²) in [7, 11) is 0. The molecule has 0 radical (unpaired) electrons. The quantitative estimate of drug-likeness (QED) is 0.883. The fourth-order valence-corrected chi connectivity index (χ4v) is 1.88. The molecule has 90 valence electrons. The zero-order valence-corrected chi connectivity index (χ0v) is 10.9. The summed E-state index contributed by atoms with van der Waals surface area (Å²) in [6, 6.07) is 5.31. The van der Waals surface area contributed by atoms with Gasteiger partial charge in [0.15, 0.2) is 0 Å². The lowest BCUT2D eigenvalue weighted by Gasteiger charge is -2.15. The van der Waals surface area contributed by atoms with Gasteiger partial charge in [-0.05, 0) is 31.5 Å². The van der Waals surface area contributed by atoms with Crippen LogP contribution in [-0.4, -0.2) is 23.9 Å². The summed E-state index contributed by atoms with van der Waals surface area (Å²) in [4.78, 5) is 0. The summed E-state index contributed by atoms with van der Waals surface area (Å²) >= 11 is 12.0. The van der Waals surface area contributed by atoms with E-state index in [2.05, 4.69) is 0 Å². The van der Waals surface area contributed by atoms with E-state index < -0.39 is 6.10 Å². The monoisotopic (exact) mass is 262 g/mol. The Morgan fingerprint density at radius 3 is 2.31 bits per heavy atom. The number of benzene rings is 1. The highest BCUT2D eigenvalue weighted by molar-refractivity contribution is 6.35. The second-order valence-corrected chi connectivity index (χ2v) is 4.75. The molecule has 4 heteroatoms. The van der Waals surface area contributed by atoms with Crippen molar-refractivity contribution in [2.45, 2.75) is 32.5 Å². The number of hydrogen-bond donors (Lipinski definition) is 1. The third-order valence-corrected chi connectivity index (χ3v) is 2.83. The Hall–Kier alpha value is -0.280. The molecule has 0 aromatic heterocycles. The first-order valence-electron chi connectivity index (χ1n) is 5.23. The maximum Gasteiger partial charge on any atom is 0.0815 e. The SMILES string of the molecule is CC(C)OCC(O)Cc1c(Cl)cccc1Cl. The summed E-state index contributed by atoms with van der Waals surface area (Å²) in [5, 5.41) is 10.9. The lowest BCUT2D eigenvalue weighted by atomic mass is 10.1. The zero-order valence-electron chi connectivity index (χ0n) is 9.41. The van der Waals surface area contributed by atoms with Crippen molar-refractivity contribution in [3.05, 3.63) is 33.8 Å². The van der Waals surface area contributed by atoms with Gasteiger partial charge in [-0.1, -0.05) is 29.3 Å². The van der Waals surface area contributed by atoms with Crippen molar-refractivity contribution in [1.29, 1.82) is 0 Å². The Labute approximate surface area is 106 Å². The molecule has 0 spiro atoms. The average Bonchev–Trinajstić information content (AvgIpc) is 2.21. The molecule has 1 aromatic rings. The van der Waals surface area contributed by atoms with Crippen molar-refractivity contribution in [2.24, 2.45) is 0 Å². The topological polar surface area (TPSA) is 29.5 Å². The van der Waals surface area contributed by atoms with Gasteiger partial charge in [0.2, 0.25) is 0 Å². The van der Waals surface area contributed by atoms with E-state index in [0.717, 1.165) is 5.56 Å². The molecule has 2 nitrogen and oxygen atoms in total. The van der Waals surface area contributed by atoms with Gasteiger partial charge >= 0.3 is 0 Å². The zero-order chi connectivity index (χ0) is 12.1. The van der Waals surface area contributed by atoms with Gasteiger partial charge in [-0.3, -0.25) is 0 Å². The number of rotatable bonds is 5. The maximum absolute atomic E-state index is 9.76. The van der Waals surface area contributed by atoms with Crippen molar-refractivity contribution in [3.63, 3.8) is 0 Å². The molecule has 1 rings (SSSR count). The van der Waals surface area contributed by atoms with Crippen LogP contribution < -0.4 is 0 Å². The lowest BCUT2D eigenvalue weighted by molar-refractivity contribution is 0.00623.